The Morgan fingerprint density at radius 1 is 1.10 bits per heavy atom. The third kappa shape index (κ3) is 5.16. The largest absolute Gasteiger partial charge is 0.492 e. The van der Waals surface area contributed by atoms with Crippen LogP contribution in [0.3, 0.4) is 0 Å². The van der Waals surface area contributed by atoms with Crippen molar-refractivity contribution in [3.05, 3.63) is 63.6 Å². The predicted octanol–water partition coefficient (Wildman–Crippen LogP) is 3.64. The van der Waals surface area contributed by atoms with Gasteiger partial charge in [-0.1, -0.05) is 41.9 Å². The normalized spacial score (nSPS) is 10.5. The van der Waals surface area contributed by atoms with Gasteiger partial charge < -0.3 is 10.1 Å². The molecule has 0 saturated heterocycles. The number of nitrogens with two attached hydrogens (primary N) is 1. The van der Waals surface area contributed by atoms with Crippen LogP contribution in [0, 0.1) is 0 Å². The first-order chi connectivity index (χ1) is 9.75. The maximum atomic E-state index is 5.89. The molecule has 0 fully saturated rings. The van der Waals surface area contributed by atoms with Crippen molar-refractivity contribution in [1.82, 2.24) is 0 Å². The number of halogens is 2. The zero-order valence-corrected chi connectivity index (χ0v) is 13.5. The molecule has 2 rings (SSSR count). The van der Waals surface area contributed by atoms with Crippen LogP contribution in [-0.2, 0) is 6.54 Å². The second kappa shape index (κ2) is 8.30. The van der Waals surface area contributed by atoms with E-state index in [0.29, 0.717) is 11.6 Å². The van der Waals surface area contributed by atoms with Gasteiger partial charge in [0, 0.05) is 17.0 Å². The summed E-state index contributed by atoms with van der Waals surface area (Å²) >= 11 is 9.33. The summed E-state index contributed by atoms with van der Waals surface area (Å²) < 4.78 is 6.62. The molecular weight excluding hydrogens is 338 g/mol. The van der Waals surface area contributed by atoms with E-state index in [-0.39, 0.29) is 0 Å². The van der Waals surface area contributed by atoms with Gasteiger partial charge in [-0.2, -0.15) is 0 Å². The lowest BCUT2D eigenvalue weighted by Gasteiger charge is -2.08. The van der Waals surface area contributed by atoms with Crippen molar-refractivity contribution in [2.24, 2.45) is 0 Å². The molecule has 0 unspecified atom stereocenters. The fraction of sp³-hybridized carbons (Fsp3) is 0.250. The molecule has 4 heteroatoms. The minimum Gasteiger partial charge on any atom is -0.492 e. The highest BCUT2D eigenvalue weighted by Crippen LogP contribution is 2.27. The molecule has 0 radical (unpaired) electrons. The summed E-state index contributed by atoms with van der Waals surface area (Å²) in [5.74, 6) is 0.845. The number of quaternary nitrogens is 1. The Labute approximate surface area is 133 Å². The van der Waals surface area contributed by atoms with Crippen LogP contribution >= 0.6 is 27.5 Å². The maximum Gasteiger partial charge on any atom is 0.133 e. The number of hydrogen-bond donors (Lipinski definition) is 1. The van der Waals surface area contributed by atoms with E-state index in [1.807, 2.05) is 24.3 Å². The predicted molar refractivity (Wildman–Crippen MR) is 86.2 cm³/mol. The Morgan fingerprint density at radius 3 is 2.65 bits per heavy atom. The summed E-state index contributed by atoms with van der Waals surface area (Å²) in [6.45, 7) is 2.79. The number of ether oxygens (including phenoxy) is 1. The van der Waals surface area contributed by atoms with Crippen molar-refractivity contribution in [3.63, 3.8) is 0 Å². The number of benzene rings is 2. The van der Waals surface area contributed by atoms with E-state index in [2.05, 4.69) is 45.5 Å². The van der Waals surface area contributed by atoms with Gasteiger partial charge in [0.15, 0.2) is 0 Å². The van der Waals surface area contributed by atoms with E-state index in [9.17, 15) is 0 Å². The third-order valence-electron chi connectivity index (χ3n) is 2.93. The quantitative estimate of drug-likeness (QED) is 0.754. The first-order valence-electron chi connectivity index (χ1n) is 6.69. The van der Waals surface area contributed by atoms with Crippen molar-refractivity contribution in [1.29, 1.82) is 0 Å². The fourth-order valence-corrected chi connectivity index (χ4v) is 2.68. The zero-order valence-electron chi connectivity index (χ0n) is 11.2. The molecule has 2 aromatic carbocycles. The Bertz CT molecular complexity index is 533. The molecule has 2 aromatic rings. The minimum absolute atomic E-state index is 0.709. The van der Waals surface area contributed by atoms with E-state index in [4.69, 9.17) is 16.3 Å². The maximum absolute atomic E-state index is 5.89. The molecule has 2 N–H and O–H groups in total. The van der Waals surface area contributed by atoms with Crippen molar-refractivity contribution in [3.8, 4) is 5.75 Å². The summed E-state index contributed by atoms with van der Waals surface area (Å²) in [5.41, 5.74) is 1.36. The molecule has 2 nitrogen and oxygen atoms in total. The highest BCUT2D eigenvalue weighted by Gasteiger charge is 2.02. The first-order valence-corrected chi connectivity index (χ1v) is 7.86. The monoisotopic (exact) mass is 354 g/mol. The summed E-state index contributed by atoms with van der Waals surface area (Å²) in [7, 11) is 0. The topological polar surface area (TPSA) is 25.8 Å². The van der Waals surface area contributed by atoms with Gasteiger partial charge in [0.2, 0.25) is 0 Å². The van der Waals surface area contributed by atoms with Crippen LogP contribution in [0.1, 0.15) is 12.0 Å². The molecule has 0 saturated carbocycles. The Kier molecular flexibility index (Phi) is 6.37. The summed E-state index contributed by atoms with van der Waals surface area (Å²) in [6.07, 6.45) is 1.02. The van der Waals surface area contributed by atoms with E-state index in [1.54, 1.807) is 0 Å². The summed E-state index contributed by atoms with van der Waals surface area (Å²) in [5, 5.41) is 3.01. The van der Waals surface area contributed by atoms with Gasteiger partial charge in [0.05, 0.1) is 17.6 Å². The van der Waals surface area contributed by atoms with Crippen LogP contribution in [0.25, 0.3) is 0 Å². The van der Waals surface area contributed by atoms with Gasteiger partial charge >= 0.3 is 0 Å². The van der Waals surface area contributed by atoms with E-state index in [0.717, 1.165) is 29.7 Å². The van der Waals surface area contributed by atoms with Gasteiger partial charge in [-0.25, -0.2) is 0 Å². The van der Waals surface area contributed by atoms with Gasteiger partial charge in [-0.15, -0.1) is 0 Å². The van der Waals surface area contributed by atoms with Crippen molar-refractivity contribution in [2.45, 2.75) is 13.0 Å². The second-order valence-corrected chi connectivity index (χ2v) is 5.83. The molecular formula is C16H18BrClNO+. The molecule has 106 valence electrons. The Balaban J connectivity index is 1.62. The lowest BCUT2D eigenvalue weighted by molar-refractivity contribution is -0.671. The molecule has 0 aliphatic rings. The van der Waals surface area contributed by atoms with E-state index < -0.39 is 0 Å². The third-order valence-corrected chi connectivity index (χ3v) is 3.78. The smallest absolute Gasteiger partial charge is 0.133 e. The van der Waals surface area contributed by atoms with Crippen LogP contribution in [0.5, 0.6) is 5.75 Å². The van der Waals surface area contributed by atoms with Crippen molar-refractivity contribution < 1.29 is 10.1 Å². The molecule has 0 heterocycles. The molecule has 0 aromatic heterocycles. The standard InChI is InChI=1S/C16H17BrClNO/c17-15-11-14(18)7-8-16(15)20-10-4-9-19-12-13-5-2-1-3-6-13/h1-3,5-8,11,19H,4,9-10,12H2/p+1. The molecule has 0 amide bonds. The van der Waals surface area contributed by atoms with Gasteiger partial charge in [0.1, 0.15) is 12.3 Å². The highest BCUT2D eigenvalue weighted by molar-refractivity contribution is 9.10. The van der Waals surface area contributed by atoms with Crippen molar-refractivity contribution in [2.75, 3.05) is 13.2 Å². The summed E-state index contributed by atoms with van der Waals surface area (Å²) in [4.78, 5) is 0. The molecule has 0 spiro atoms. The Hall–Kier alpha value is -1.03. The van der Waals surface area contributed by atoms with Crippen LogP contribution < -0.4 is 10.1 Å². The highest BCUT2D eigenvalue weighted by atomic mass is 79.9. The second-order valence-electron chi connectivity index (χ2n) is 4.54. The summed E-state index contributed by atoms with van der Waals surface area (Å²) in [6, 6.07) is 16.1. The first kappa shape index (κ1) is 15.4. The molecule has 0 aliphatic carbocycles. The van der Waals surface area contributed by atoms with Crippen LogP contribution in [0.4, 0.5) is 0 Å². The lowest BCUT2D eigenvalue weighted by Crippen LogP contribution is -2.82. The lowest BCUT2D eigenvalue weighted by atomic mass is 10.2. The van der Waals surface area contributed by atoms with Crippen LogP contribution in [0.15, 0.2) is 53.0 Å². The Morgan fingerprint density at radius 2 is 1.90 bits per heavy atom. The van der Waals surface area contributed by atoms with E-state index in [1.165, 1.54) is 5.56 Å². The van der Waals surface area contributed by atoms with Crippen LogP contribution in [-0.4, -0.2) is 13.2 Å². The SMILES string of the molecule is Clc1ccc(OCCC[NH2+]Cc2ccccc2)c(Br)c1. The molecule has 0 aliphatic heterocycles. The van der Waals surface area contributed by atoms with E-state index >= 15 is 0 Å². The zero-order chi connectivity index (χ0) is 14.2. The molecule has 0 bridgehead atoms. The van der Waals surface area contributed by atoms with Gasteiger partial charge in [-0.3, -0.25) is 0 Å². The molecule has 20 heavy (non-hydrogen) atoms. The molecule has 0 atom stereocenters. The number of rotatable bonds is 7. The minimum atomic E-state index is 0.709. The number of hydrogen-bond acceptors (Lipinski definition) is 1. The fourth-order valence-electron chi connectivity index (χ4n) is 1.88. The van der Waals surface area contributed by atoms with Gasteiger partial charge in [-0.05, 0) is 34.1 Å². The van der Waals surface area contributed by atoms with Gasteiger partial charge in [0.25, 0.3) is 0 Å². The average Bonchev–Trinajstić information content (AvgIpc) is 2.46. The average molecular weight is 356 g/mol. The van der Waals surface area contributed by atoms with Crippen LogP contribution in [0.2, 0.25) is 5.02 Å². The van der Waals surface area contributed by atoms with Crippen molar-refractivity contribution >= 4 is 27.5 Å².